The SMILES string of the molecule is CCCOCCN1CCN(c2cc(Nc3ncc(C(=O)Nc4c(C)cccc4Cl)s3)nc(C)n2)CC1. The molecule has 0 radical (unpaired) electrons. The Kier molecular flexibility index (Phi) is 9.08. The third kappa shape index (κ3) is 6.91. The molecule has 36 heavy (non-hydrogen) atoms. The van der Waals surface area contributed by atoms with Gasteiger partial charge in [0.15, 0.2) is 5.13 Å². The van der Waals surface area contributed by atoms with Gasteiger partial charge in [-0.15, -0.1) is 0 Å². The Balaban J connectivity index is 1.36. The van der Waals surface area contributed by atoms with Crippen LogP contribution in [-0.2, 0) is 4.74 Å². The van der Waals surface area contributed by atoms with Crippen LogP contribution in [0, 0.1) is 13.8 Å². The molecule has 3 aromatic rings. The van der Waals surface area contributed by atoms with Crippen LogP contribution in [0.2, 0.25) is 5.02 Å². The first-order valence-corrected chi connectivity index (χ1v) is 13.3. The van der Waals surface area contributed by atoms with Gasteiger partial charge in [-0.05, 0) is 31.9 Å². The summed E-state index contributed by atoms with van der Waals surface area (Å²) >= 11 is 7.50. The van der Waals surface area contributed by atoms with Crippen LogP contribution in [0.15, 0.2) is 30.5 Å². The van der Waals surface area contributed by atoms with Crippen molar-refractivity contribution in [2.75, 3.05) is 61.5 Å². The molecule has 1 aliphatic heterocycles. The standard InChI is InChI=1S/C25H32ClN7O2S/c1-4-13-35-14-12-32-8-10-33(11-9-32)22-15-21(28-18(3)29-22)30-25-27-16-20(36-25)24(34)31-23-17(2)6-5-7-19(23)26/h5-7,15-16H,4,8-14H2,1-3H3,(H,31,34)(H,27,28,29,30). The van der Waals surface area contributed by atoms with Gasteiger partial charge in [0.25, 0.3) is 5.91 Å². The summed E-state index contributed by atoms with van der Waals surface area (Å²) in [6, 6.07) is 7.43. The number of benzene rings is 1. The number of amides is 1. The molecule has 0 bridgehead atoms. The number of thiazole rings is 1. The van der Waals surface area contributed by atoms with Gasteiger partial charge in [-0.1, -0.05) is 42.0 Å². The van der Waals surface area contributed by atoms with Gasteiger partial charge in [-0.2, -0.15) is 0 Å². The fourth-order valence-corrected chi connectivity index (χ4v) is 4.92. The van der Waals surface area contributed by atoms with E-state index in [0.717, 1.165) is 63.7 Å². The number of carbonyl (C=O) groups is 1. The molecule has 1 amide bonds. The van der Waals surface area contributed by atoms with Crippen LogP contribution in [0.3, 0.4) is 0 Å². The van der Waals surface area contributed by atoms with Crippen molar-refractivity contribution in [2.24, 2.45) is 0 Å². The molecule has 1 saturated heterocycles. The van der Waals surface area contributed by atoms with Crippen molar-refractivity contribution < 1.29 is 9.53 Å². The third-order valence-electron chi connectivity index (χ3n) is 5.85. The fourth-order valence-electron chi connectivity index (χ4n) is 3.93. The van der Waals surface area contributed by atoms with E-state index in [1.807, 2.05) is 32.0 Å². The predicted octanol–water partition coefficient (Wildman–Crippen LogP) is 4.75. The van der Waals surface area contributed by atoms with Gasteiger partial charge >= 0.3 is 0 Å². The van der Waals surface area contributed by atoms with E-state index in [2.05, 4.69) is 42.3 Å². The monoisotopic (exact) mass is 529 g/mol. The largest absolute Gasteiger partial charge is 0.380 e. The summed E-state index contributed by atoms with van der Waals surface area (Å²) in [5.74, 6) is 1.95. The predicted molar refractivity (Wildman–Crippen MR) is 146 cm³/mol. The maximum Gasteiger partial charge on any atom is 0.267 e. The van der Waals surface area contributed by atoms with Gasteiger partial charge in [0.05, 0.1) is 23.5 Å². The molecule has 3 heterocycles. The number of halogens is 1. The number of anilines is 4. The van der Waals surface area contributed by atoms with Gasteiger partial charge in [-0.25, -0.2) is 15.0 Å². The molecule has 1 aromatic carbocycles. The maximum atomic E-state index is 12.8. The normalized spacial score (nSPS) is 14.2. The third-order valence-corrected chi connectivity index (χ3v) is 7.07. The molecule has 0 aliphatic carbocycles. The van der Waals surface area contributed by atoms with Crippen LogP contribution in [0.25, 0.3) is 0 Å². The van der Waals surface area contributed by atoms with Crippen LogP contribution in [-0.4, -0.2) is 71.7 Å². The van der Waals surface area contributed by atoms with Crippen LogP contribution in [0.1, 0.15) is 34.4 Å². The first-order valence-electron chi connectivity index (χ1n) is 12.1. The van der Waals surface area contributed by atoms with Crippen molar-refractivity contribution in [3.8, 4) is 0 Å². The summed E-state index contributed by atoms with van der Waals surface area (Å²) < 4.78 is 5.62. The Labute approximate surface area is 220 Å². The number of carbonyl (C=O) groups excluding carboxylic acids is 1. The first kappa shape index (κ1) is 26.3. The van der Waals surface area contributed by atoms with Crippen molar-refractivity contribution in [3.63, 3.8) is 0 Å². The molecule has 9 nitrogen and oxygen atoms in total. The number of nitrogens with one attached hydrogen (secondary N) is 2. The summed E-state index contributed by atoms with van der Waals surface area (Å²) in [4.78, 5) is 31.4. The Hall–Kier alpha value is -2.79. The van der Waals surface area contributed by atoms with E-state index in [1.54, 1.807) is 12.3 Å². The van der Waals surface area contributed by atoms with Gasteiger partial charge in [0.1, 0.15) is 22.3 Å². The molecule has 1 fully saturated rings. The lowest BCUT2D eigenvalue weighted by Gasteiger charge is -2.35. The lowest BCUT2D eigenvalue weighted by molar-refractivity contribution is 0.102. The molecule has 1 aliphatic rings. The van der Waals surface area contributed by atoms with E-state index in [9.17, 15) is 4.79 Å². The highest BCUT2D eigenvalue weighted by atomic mass is 35.5. The number of aryl methyl sites for hydroxylation is 2. The minimum atomic E-state index is -0.255. The molecule has 0 unspecified atom stereocenters. The van der Waals surface area contributed by atoms with Crippen molar-refractivity contribution in [1.82, 2.24) is 19.9 Å². The minimum Gasteiger partial charge on any atom is -0.380 e. The summed E-state index contributed by atoms with van der Waals surface area (Å²) in [6.07, 6.45) is 2.60. The highest BCUT2D eigenvalue weighted by Gasteiger charge is 2.19. The van der Waals surface area contributed by atoms with Gasteiger partial charge in [-0.3, -0.25) is 9.69 Å². The zero-order valence-electron chi connectivity index (χ0n) is 20.9. The summed E-state index contributed by atoms with van der Waals surface area (Å²) in [6.45, 7) is 12.2. The second-order valence-electron chi connectivity index (χ2n) is 8.64. The van der Waals surface area contributed by atoms with Crippen molar-refractivity contribution in [1.29, 1.82) is 0 Å². The van der Waals surface area contributed by atoms with E-state index < -0.39 is 0 Å². The quantitative estimate of drug-likeness (QED) is 0.363. The average molecular weight is 530 g/mol. The molecule has 4 rings (SSSR count). The number of rotatable bonds is 10. The number of ether oxygens (including phenoxy) is 1. The van der Waals surface area contributed by atoms with E-state index in [0.29, 0.717) is 32.4 Å². The first-order chi connectivity index (χ1) is 17.4. The summed E-state index contributed by atoms with van der Waals surface area (Å²) in [5, 5.41) is 7.20. The van der Waals surface area contributed by atoms with Crippen molar-refractivity contribution >= 4 is 51.3 Å². The minimum absolute atomic E-state index is 0.255. The maximum absolute atomic E-state index is 12.8. The second-order valence-corrected chi connectivity index (χ2v) is 10.1. The highest BCUT2D eigenvalue weighted by molar-refractivity contribution is 7.17. The van der Waals surface area contributed by atoms with Gasteiger partial charge < -0.3 is 20.3 Å². The lowest BCUT2D eigenvalue weighted by Crippen LogP contribution is -2.47. The lowest BCUT2D eigenvalue weighted by atomic mass is 10.2. The van der Waals surface area contributed by atoms with Crippen LogP contribution < -0.4 is 15.5 Å². The smallest absolute Gasteiger partial charge is 0.267 e. The Bertz CT molecular complexity index is 1160. The van der Waals surface area contributed by atoms with Crippen LogP contribution in [0.5, 0.6) is 0 Å². The molecule has 2 N–H and O–H groups in total. The van der Waals surface area contributed by atoms with E-state index in [1.165, 1.54) is 11.3 Å². The Morgan fingerprint density at radius 2 is 1.97 bits per heavy atom. The molecular weight excluding hydrogens is 498 g/mol. The second kappa shape index (κ2) is 12.4. The number of hydrogen-bond donors (Lipinski definition) is 2. The Morgan fingerprint density at radius 3 is 2.72 bits per heavy atom. The Morgan fingerprint density at radius 1 is 1.17 bits per heavy atom. The molecule has 11 heteroatoms. The average Bonchev–Trinajstić information content (AvgIpc) is 3.33. The van der Waals surface area contributed by atoms with Gasteiger partial charge in [0, 0.05) is 45.4 Å². The summed E-state index contributed by atoms with van der Waals surface area (Å²) in [7, 11) is 0. The zero-order valence-corrected chi connectivity index (χ0v) is 22.5. The molecule has 0 saturated carbocycles. The molecular formula is C25H32ClN7O2S. The molecule has 2 aromatic heterocycles. The molecule has 192 valence electrons. The topological polar surface area (TPSA) is 95.5 Å². The van der Waals surface area contributed by atoms with E-state index >= 15 is 0 Å². The number of aromatic nitrogens is 3. The van der Waals surface area contributed by atoms with Crippen LogP contribution in [0.4, 0.5) is 22.5 Å². The number of nitrogens with zero attached hydrogens (tertiary/aromatic N) is 5. The molecule has 0 spiro atoms. The number of hydrogen-bond acceptors (Lipinski definition) is 9. The summed E-state index contributed by atoms with van der Waals surface area (Å²) in [5.41, 5.74) is 1.50. The number of para-hydroxylation sites is 1. The van der Waals surface area contributed by atoms with Gasteiger partial charge in [0.2, 0.25) is 0 Å². The van der Waals surface area contributed by atoms with Crippen molar-refractivity contribution in [3.05, 3.63) is 51.7 Å². The van der Waals surface area contributed by atoms with E-state index in [4.69, 9.17) is 16.3 Å². The zero-order chi connectivity index (χ0) is 25.5. The van der Waals surface area contributed by atoms with E-state index in [-0.39, 0.29) is 5.91 Å². The number of piperazine rings is 1. The van der Waals surface area contributed by atoms with Crippen molar-refractivity contribution in [2.45, 2.75) is 27.2 Å². The van der Waals surface area contributed by atoms with Crippen LogP contribution >= 0.6 is 22.9 Å². The molecule has 0 atom stereocenters. The highest BCUT2D eigenvalue weighted by Crippen LogP contribution is 2.28. The fraction of sp³-hybridized carbons (Fsp3) is 0.440.